The molecule has 0 N–H and O–H groups in total. The monoisotopic (exact) mass is 345 g/mol. The number of aromatic nitrogens is 1. The molecule has 0 radical (unpaired) electrons. The first-order valence-electron chi connectivity index (χ1n) is 7.34. The van der Waals surface area contributed by atoms with Crippen molar-refractivity contribution in [2.24, 2.45) is 0 Å². The van der Waals surface area contributed by atoms with Crippen LogP contribution in [0.1, 0.15) is 11.1 Å². The number of hydrogen-bond donors (Lipinski definition) is 0. The Morgan fingerprint density at radius 2 is 1.81 bits per heavy atom. The number of piperazine rings is 1. The molecule has 2 aromatic rings. The first kappa shape index (κ1) is 14.4. The summed E-state index contributed by atoms with van der Waals surface area (Å²) in [5, 5.41) is 0.923. The summed E-state index contributed by atoms with van der Waals surface area (Å²) in [6.45, 7) is 6.32. The van der Waals surface area contributed by atoms with E-state index in [2.05, 4.69) is 68.0 Å². The van der Waals surface area contributed by atoms with Gasteiger partial charge in [-0.2, -0.15) is 0 Å². The van der Waals surface area contributed by atoms with E-state index in [0.717, 1.165) is 37.3 Å². The van der Waals surface area contributed by atoms with Crippen molar-refractivity contribution >= 4 is 27.4 Å². The van der Waals surface area contributed by atoms with Gasteiger partial charge in [-0.1, -0.05) is 28.1 Å². The number of alkyl halides is 1. The van der Waals surface area contributed by atoms with Gasteiger partial charge in [0.15, 0.2) is 0 Å². The van der Waals surface area contributed by atoms with Crippen molar-refractivity contribution in [3.8, 4) is 0 Å². The number of anilines is 2. The van der Waals surface area contributed by atoms with Crippen LogP contribution in [-0.4, -0.2) is 31.2 Å². The highest BCUT2D eigenvalue weighted by molar-refractivity contribution is 9.08. The number of rotatable bonds is 3. The minimum absolute atomic E-state index is 0.923. The van der Waals surface area contributed by atoms with Crippen molar-refractivity contribution < 1.29 is 0 Å². The van der Waals surface area contributed by atoms with Crippen LogP contribution in [0, 0.1) is 6.92 Å². The van der Waals surface area contributed by atoms with E-state index in [0.29, 0.717) is 0 Å². The second-order valence-corrected chi connectivity index (χ2v) is 5.97. The van der Waals surface area contributed by atoms with E-state index in [1.807, 2.05) is 12.3 Å². The molecule has 1 aromatic heterocycles. The van der Waals surface area contributed by atoms with Gasteiger partial charge in [0.1, 0.15) is 5.82 Å². The number of aryl methyl sites for hydroxylation is 1. The summed E-state index contributed by atoms with van der Waals surface area (Å²) in [6.07, 6.45) is 1.87. The largest absolute Gasteiger partial charge is 0.368 e. The number of halogens is 1. The van der Waals surface area contributed by atoms with Crippen molar-refractivity contribution in [3.63, 3.8) is 0 Å². The molecule has 21 heavy (non-hydrogen) atoms. The van der Waals surface area contributed by atoms with Crippen LogP contribution in [0.5, 0.6) is 0 Å². The molecule has 1 saturated heterocycles. The van der Waals surface area contributed by atoms with Gasteiger partial charge in [0, 0.05) is 43.4 Å². The van der Waals surface area contributed by atoms with E-state index in [1.165, 1.54) is 16.8 Å². The third-order valence-electron chi connectivity index (χ3n) is 4.09. The summed E-state index contributed by atoms with van der Waals surface area (Å²) in [4.78, 5) is 9.26. The van der Waals surface area contributed by atoms with Crippen LogP contribution in [0.15, 0.2) is 42.6 Å². The molecule has 1 aliphatic rings. The normalized spacial score (nSPS) is 15.3. The fraction of sp³-hybridized carbons (Fsp3) is 0.353. The molecule has 0 unspecified atom stereocenters. The number of hydrogen-bond acceptors (Lipinski definition) is 3. The quantitative estimate of drug-likeness (QED) is 0.792. The third-order valence-corrected chi connectivity index (χ3v) is 4.69. The second kappa shape index (κ2) is 6.48. The highest BCUT2D eigenvalue weighted by atomic mass is 79.9. The first-order valence-corrected chi connectivity index (χ1v) is 8.46. The minimum Gasteiger partial charge on any atom is -0.368 e. The highest BCUT2D eigenvalue weighted by Gasteiger charge is 2.18. The van der Waals surface area contributed by atoms with Crippen LogP contribution < -0.4 is 9.80 Å². The lowest BCUT2D eigenvalue weighted by Gasteiger charge is -2.37. The zero-order chi connectivity index (χ0) is 14.7. The smallest absolute Gasteiger partial charge is 0.128 e. The lowest BCUT2D eigenvalue weighted by molar-refractivity contribution is 0.647. The fourth-order valence-corrected chi connectivity index (χ4v) is 3.39. The van der Waals surface area contributed by atoms with Crippen molar-refractivity contribution in [2.45, 2.75) is 12.3 Å². The Morgan fingerprint density at radius 3 is 2.43 bits per heavy atom. The van der Waals surface area contributed by atoms with Gasteiger partial charge in [0.2, 0.25) is 0 Å². The summed E-state index contributed by atoms with van der Waals surface area (Å²) in [6, 6.07) is 12.9. The SMILES string of the molecule is Cc1cc(N2CCN(c3ccccn3)CC2)ccc1CBr. The van der Waals surface area contributed by atoms with Crippen molar-refractivity contribution in [1.82, 2.24) is 4.98 Å². The van der Waals surface area contributed by atoms with Crippen molar-refractivity contribution in [3.05, 3.63) is 53.7 Å². The molecule has 0 saturated carbocycles. The van der Waals surface area contributed by atoms with Gasteiger partial charge < -0.3 is 9.80 Å². The predicted octanol–water partition coefficient (Wildman–Crippen LogP) is 3.61. The number of pyridine rings is 1. The maximum Gasteiger partial charge on any atom is 0.128 e. The summed E-state index contributed by atoms with van der Waals surface area (Å²) in [5.74, 6) is 1.09. The maximum absolute atomic E-state index is 4.44. The maximum atomic E-state index is 4.44. The lowest BCUT2D eigenvalue weighted by atomic mass is 10.1. The van der Waals surface area contributed by atoms with E-state index in [4.69, 9.17) is 0 Å². The van der Waals surface area contributed by atoms with E-state index in [1.54, 1.807) is 0 Å². The summed E-state index contributed by atoms with van der Waals surface area (Å²) < 4.78 is 0. The highest BCUT2D eigenvalue weighted by Crippen LogP contribution is 2.23. The van der Waals surface area contributed by atoms with Crippen LogP contribution in [0.25, 0.3) is 0 Å². The summed E-state index contributed by atoms with van der Waals surface area (Å²) >= 11 is 3.54. The van der Waals surface area contributed by atoms with Gasteiger partial charge in [0.05, 0.1) is 0 Å². The Morgan fingerprint density at radius 1 is 1.05 bits per heavy atom. The molecule has 0 spiro atoms. The Labute approximate surface area is 134 Å². The average molecular weight is 346 g/mol. The molecule has 4 heteroatoms. The topological polar surface area (TPSA) is 19.4 Å². The second-order valence-electron chi connectivity index (χ2n) is 5.41. The molecule has 3 rings (SSSR count). The Hall–Kier alpha value is -1.55. The molecule has 1 aliphatic heterocycles. The van der Waals surface area contributed by atoms with Crippen LogP contribution in [0.2, 0.25) is 0 Å². The van der Waals surface area contributed by atoms with E-state index >= 15 is 0 Å². The molecule has 2 heterocycles. The molecular weight excluding hydrogens is 326 g/mol. The van der Waals surface area contributed by atoms with Gasteiger partial charge in [0.25, 0.3) is 0 Å². The van der Waals surface area contributed by atoms with Gasteiger partial charge in [-0.3, -0.25) is 0 Å². The number of nitrogens with zero attached hydrogens (tertiary/aromatic N) is 3. The van der Waals surface area contributed by atoms with Crippen LogP contribution in [0.3, 0.4) is 0 Å². The first-order chi connectivity index (χ1) is 10.3. The molecule has 1 fully saturated rings. The molecule has 0 bridgehead atoms. The van der Waals surface area contributed by atoms with Crippen molar-refractivity contribution in [1.29, 1.82) is 0 Å². The molecular formula is C17H20BrN3. The summed E-state index contributed by atoms with van der Waals surface area (Å²) in [7, 11) is 0. The minimum atomic E-state index is 0.923. The van der Waals surface area contributed by atoms with E-state index in [-0.39, 0.29) is 0 Å². The van der Waals surface area contributed by atoms with Crippen LogP contribution in [0.4, 0.5) is 11.5 Å². The van der Waals surface area contributed by atoms with Gasteiger partial charge in [-0.05, 0) is 42.3 Å². The zero-order valence-electron chi connectivity index (χ0n) is 12.3. The Balaban J connectivity index is 1.67. The molecule has 1 aromatic carbocycles. The van der Waals surface area contributed by atoms with Crippen LogP contribution in [-0.2, 0) is 5.33 Å². The predicted molar refractivity (Wildman–Crippen MR) is 92.5 cm³/mol. The molecule has 110 valence electrons. The van der Waals surface area contributed by atoms with Gasteiger partial charge >= 0.3 is 0 Å². The van der Waals surface area contributed by atoms with Gasteiger partial charge in [-0.25, -0.2) is 4.98 Å². The molecule has 3 nitrogen and oxygen atoms in total. The number of benzene rings is 1. The fourth-order valence-electron chi connectivity index (χ4n) is 2.76. The molecule has 0 amide bonds. The zero-order valence-corrected chi connectivity index (χ0v) is 13.9. The molecule has 0 aliphatic carbocycles. The Kier molecular flexibility index (Phi) is 4.44. The van der Waals surface area contributed by atoms with E-state index < -0.39 is 0 Å². The van der Waals surface area contributed by atoms with E-state index in [9.17, 15) is 0 Å². The third kappa shape index (κ3) is 3.21. The summed E-state index contributed by atoms with van der Waals surface area (Å²) in [5.41, 5.74) is 4.06. The Bertz CT molecular complexity index is 592. The standard InChI is InChI=1S/C17H20BrN3/c1-14-12-16(6-5-15(14)13-18)20-8-10-21(11-9-20)17-4-2-3-7-19-17/h2-7,12H,8-11,13H2,1H3. The van der Waals surface area contributed by atoms with Crippen LogP contribution >= 0.6 is 15.9 Å². The van der Waals surface area contributed by atoms with Gasteiger partial charge in [-0.15, -0.1) is 0 Å². The van der Waals surface area contributed by atoms with Crippen molar-refractivity contribution in [2.75, 3.05) is 36.0 Å². The molecule has 0 atom stereocenters. The lowest BCUT2D eigenvalue weighted by Crippen LogP contribution is -2.46. The average Bonchev–Trinajstić information content (AvgIpc) is 2.56.